The molecule has 10 heavy (non-hydrogen) atoms. The smallest absolute Gasteiger partial charge is 0.192 e. The van der Waals surface area contributed by atoms with E-state index in [-0.39, 0.29) is 24.7 Å². The van der Waals surface area contributed by atoms with Gasteiger partial charge in [0.15, 0.2) is 5.78 Å². The van der Waals surface area contributed by atoms with Gasteiger partial charge in [-0.1, -0.05) is 0 Å². The Labute approximate surface area is 65.0 Å². The summed E-state index contributed by atoms with van der Waals surface area (Å²) in [6.45, 7) is 0.0700. The second kappa shape index (κ2) is 4.09. The topological polar surface area (TPSA) is 58.9 Å². The molecule has 0 aliphatic rings. The first kappa shape index (κ1) is 9.20. The molecule has 0 aliphatic carbocycles. The first-order valence-electron chi connectivity index (χ1n) is 2.71. The van der Waals surface area contributed by atoms with Crippen LogP contribution < -0.4 is 5.73 Å². The van der Waals surface area contributed by atoms with Crippen LogP contribution in [0.5, 0.6) is 0 Å². The van der Waals surface area contributed by atoms with E-state index in [1.165, 1.54) is 0 Å². The van der Waals surface area contributed by atoms with Gasteiger partial charge in [-0.3, -0.25) is 4.79 Å². The highest BCUT2D eigenvalue weighted by Crippen LogP contribution is 1.93. The van der Waals surface area contributed by atoms with Crippen molar-refractivity contribution < 1.29 is 4.79 Å². The predicted molar refractivity (Wildman–Crippen MR) is 41.4 cm³/mol. The van der Waals surface area contributed by atoms with Crippen LogP contribution >= 0.6 is 12.4 Å². The van der Waals surface area contributed by atoms with E-state index >= 15 is 0 Å². The lowest BCUT2D eigenvalue weighted by Crippen LogP contribution is -2.13. The third-order valence-corrected chi connectivity index (χ3v) is 1.08. The fourth-order valence-electron chi connectivity index (χ4n) is 0.614. The molecule has 0 radical (unpaired) electrons. The van der Waals surface area contributed by atoms with E-state index in [2.05, 4.69) is 4.98 Å². The summed E-state index contributed by atoms with van der Waals surface area (Å²) >= 11 is 0. The molecule has 3 N–H and O–H groups in total. The highest BCUT2D eigenvalue weighted by atomic mass is 35.5. The standard InChI is InChI=1S/C6H8N2O.ClH/c7-4-6(9)5-2-1-3-8-5;/h1-3,8H,4,7H2;1H. The predicted octanol–water partition coefficient (Wildman–Crippen LogP) is 0.578. The summed E-state index contributed by atoms with van der Waals surface area (Å²) in [5.41, 5.74) is 5.67. The minimum atomic E-state index is -0.0556. The maximum atomic E-state index is 10.7. The second-order valence-corrected chi connectivity index (χ2v) is 1.71. The first-order valence-corrected chi connectivity index (χ1v) is 2.71. The number of aromatic nitrogens is 1. The van der Waals surface area contributed by atoms with Gasteiger partial charge in [0.2, 0.25) is 0 Å². The number of nitrogens with two attached hydrogens (primary N) is 1. The molecule has 0 bridgehead atoms. The third kappa shape index (κ3) is 1.86. The van der Waals surface area contributed by atoms with Crippen molar-refractivity contribution in [3.63, 3.8) is 0 Å². The minimum absolute atomic E-state index is 0. The van der Waals surface area contributed by atoms with Crippen molar-refractivity contribution in [3.05, 3.63) is 24.0 Å². The van der Waals surface area contributed by atoms with Gasteiger partial charge >= 0.3 is 0 Å². The van der Waals surface area contributed by atoms with Crippen LogP contribution in [-0.2, 0) is 0 Å². The van der Waals surface area contributed by atoms with Gasteiger partial charge in [-0.15, -0.1) is 12.4 Å². The van der Waals surface area contributed by atoms with Crippen LogP contribution in [0.3, 0.4) is 0 Å². The molecule has 0 saturated heterocycles. The Kier molecular flexibility index (Phi) is 3.76. The number of carbonyl (C=O) groups excluding carboxylic acids is 1. The zero-order chi connectivity index (χ0) is 6.69. The number of nitrogens with one attached hydrogen (secondary N) is 1. The van der Waals surface area contributed by atoms with Crippen LogP contribution in [0.15, 0.2) is 18.3 Å². The van der Waals surface area contributed by atoms with Crippen LogP contribution in [0.4, 0.5) is 0 Å². The Morgan fingerprint density at radius 1 is 1.70 bits per heavy atom. The van der Waals surface area contributed by atoms with Crippen LogP contribution in [0, 0.1) is 0 Å². The highest BCUT2D eigenvalue weighted by molar-refractivity contribution is 5.95. The molecule has 0 aliphatic heterocycles. The third-order valence-electron chi connectivity index (χ3n) is 1.08. The van der Waals surface area contributed by atoms with Gasteiger partial charge in [-0.2, -0.15) is 0 Å². The Morgan fingerprint density at radius 2 is 2.40 bits per heavy atom. The van der Waals surface area contributed by atoms with Crippen molar-refractivity contribution in [1.29, 1.82) is 0 Å². The SMILES string of the molecule is Cl.NCC(=O)c1ccc[nH]1. The van der Waals surface area contributed by atoms with Crippen LogP contribution in [-0.4, -0.2) is 17.3 Å². The Morgan fingerprint density at radius 3 is 2.80 bits per heavy atom. The Bertz CT molecular complexity index is 196. The van der Waals surface area contributed by atoms with Crippen molar-refractivity contribution >= 4 is 18.2 Å². The van der Waals surface area contributed by atoms with Crippen molar-refractivity contribution in [3.8, 4) is 0 Å². The molecule has 4 heteroatoms. The van der Waals surface area contributed by atoms with E-state index in [1.54, 1.807) is 18.3 Å². The minimum Gasteiger partial charge on any atom is -0.359 e. The molecule has 0 unspecified atom stereocenters. The number of aromatic amines is 1. The molecule has 0 spiro atoms. The van der Waals surface area contributed by atoms with E-state index in [9.17, 15) is 4.79 Å². The summed E-state index contributed by atoms with van der Waals surface area (Å²) in [7, 11) is 0. The lowest BCUT2D eigenvalue weighted by Gasteiger charge is -1.88. The lowest BCUT2D eigenvalue weighted by molar-refractivity contribution is 0.0997. The van der Waals surface area contributed by atoms with Crippen LogP contribution in [0.1, 0.15) is 10.5 Å². The van der Waals surface area contributed by atoms with E-state index in [0.29, 0.717) is 5.69 Å². The maximum Gasteiger partial charge on any atom is 0.192 e. The molecule has 1 aromatic rings. The van der Waals surface area contributed by atoms with Crippen LogP contribution in [0.2, 0.25) is 0 Å². The number of carbonyl (C=O) groups is 1. The van der Waals surface area contributed by atoms with Gasteiger partial charge in [0.05, 0.1) is 12.2 Å². The number of H-pyrrole nitrogens is 1. The molecule has 0 saturated carbocycles. The molecule has 1 heterocycles. The fraction of sp³-hybridized carbons (Fsp3) is 0.167. The molecular formula is C6H9ClN2O. The molecule has 1 aromatic heterocycles. The summed E-state index contributed by atoms with van der Waals surface area (Å²) in [5, 5.41) is 0. The second-order valence-electron chi connectivity index (χ2n) is 1.71. The van der Waals surface area contributed by atoms with Gasteiger partial charge in [-0.25, -0.2) is 0 Å². The van der Waals surface area contributed by atoms with Crippen molar-refractivity contribution in [2.24, 2.45) is 5.73 Å². The number of hydrogen-bond acceptors (Lipinski definition) is 2. The fourth-order valence-corrected chi connectivity index (χ4v) is 0.614. The largest absolute Gasteiger partial charge is 0.359 e. The number of Topliss-reactive ketones (excluding diaryl/α,β-unsaturated/α-hetero) is 1. The van der Waals surface area contributed by atoms with Gasteiger partial charge in [0.1, 0.15) is 0 Å². The molecule has 1 rings (SSSR count). The summed E-state index contributed by atoms with van der Waals surface area (Å²) in [6, 6.07) is 3.47. The quantitative estimate of drug-likeness (QED) is 0.622. The molecule has 56 valence electrons. The average Bonchev–Trinajstić information content (AvgIpc) is 2.37. The molecular weight excluding hydrogens is 152 g/mol. The van der Waals surface area contributed by atoms with Crippen LogP contribution in [0.25, 0.3) is 0 Å². The van der Waals surface area contributed by atoms with E-state index in [0.717, 1.165) is 0 Å². The first-order chi connectivity index (χ1) is 4.34. The monoisotopic (exact) mass is 160 g/mol. The Hall–Kier alpha value is -0.800. The lowest BCUT2D eigenvalue weighted by atomic mass is 10.3. The number of hydrogen-bond donors (Lipinski definition) is 2. The van der Waals surface area contributed by atoms with Gasteiger partial charge < -0.3 is 10.7 Å². The number of ketones is 1. The average molecular weight is 161 g/mol. The van der Waals surface area contributed by atoms with Crippen molar-refractivity contribution in [1.82, 2.24) is 4.98 Å². The van der Waals surface area contributed by atoms with Gasteiger partial charge in [0.25, 0.3) is 0 Å². The summed E-state index contributed by atoms with van der Waals surface area (Å²) in [6.07, 6.45) is 1.70. The summed E-state index contributed by atoms with van der Waals surface area (Å²) in [5.74, 6) is -0.0556. The zero-order valence-electron chi connectivity index (χ0n) is 5.33. The maximum absolute atomic E-state index is 10.7. The van der Waals surface area contributed by atoms with Crippen molar-refractivity contribution in [2.45, 2.75) is 0 Å². The molecule has 0 amide bonds. The van der Waals surface area contributed by atoms with Crippen molar-refractivity contribution in [2.75, 3.05) is 6.54 Å². The summed E-state index contributed by atoms with van der Waals surface area (Å²) < 4.78 is 0. The number of halogens is 1. The molecule has 0 fully saturated rings. The van der Waals surface area contributed by atoms with E-state index in [4.69, 9.17) is 5.73 Å². The highest BCUT2D eigenvalue weighted by Gasteiger charge is 2.00. The van der Waals surface area contributed by atoms with Gasteiger partial charge in [0, 0.05) is 6.20 Å². The molecule has 3 nitrogen and oxygen atoms in total. The Balaban J connectivity index is 0.000000810. The molecule has 0 aromatic carbocycles. The molecule has 0 atom stereocenters. The zero-order valence-corrected chi connectivity index (χ0v) is 6.15. The number of rotatable bonds is 2. The van der Waals surface area contributed by atoms with E-state index in [1.807, 2.05) is 0 Å². The normalized spacial score (nSPS) is 8.50. The van der Waals surface area contributed by atoms with E-state index < -0.39 is 0 Å². The van der Waals surface area contributed by atoms with Gasteiger partial charge in [-0.05, 0) is 12.1 Å². The summed E-state index contributed by atoms with van der Waals surface area (Å²) in [4.78, 5) is 13.5.